The molecule has 0 unspecified atom stereocenters. The molecule has 0 amide bonds. The van der Waals surface area contributed by atoms with Gasteiger partial charge in [0.2, 0.25) is 0 Å². The van der Waals surface area contributed by atoms with Crippen molar-refractivity contribution >= 4 is 11.0 Å². The highest BCUT2D eigenvalue weighted by molar-refractivity contribution is 5.77. The van der Waals surface area contributed by atoms with E-state index in [1.54, 1.807) is 0 Å². The predicted molar refractivity (Wildman–Crippen MR) is 67.3 cm³/mol. The molecule has 0 saturated carbocycles. The number of hydrogen-bond acceptors (Lipinski definition) is 2. The van der Waals surface area contributed by atoms with E-state index in [9.17, 15) is 0 Å². The van der Waals surface area contributed by atoms with Crippen LogP contribution in [0.4, 0.5) is 0 Å². The minimum Gasteiger partial charge on any atom is -0.330 e. The first kappa shape index (κ1) is 11.1. The summed E-state index contributed by atoms with van der Waals surface area (Å²) in [6, 6.07) is 6.41. The summed E-state index contributed by atoms with van der Waals surface area (Å²) >= 11 is 0. The maximum Gasteiger partial charge on any atom is 0.129 e. The van der Waals surface area contributed by atoms with Crippen molar-refractivity contribution in [3.8, 4) is 0 Å². The van der Waals surface area contributed by atoms with Crippen molar-refractivity contribution in [2.24, 2.45) is 12.8 Å². The Bertz CT molecular complexity index is 518. The summed E-state index contributed by atoms with van der Waals surface area (Å²) < 4.78 is 2.08. The van der Waals surface area contributed by atoms with Crippen molar-refractivity contribution in [3.05, 3.63) is 29.6 Å². The maximum absolute atomic E-state index is 6.11. The van der Waals surface area contributed by atoms with Crippen LogP contribution < -0.4 is 5.73 Å². The van der Waals surface area contributed by atoms with Crippen LogP contribution in [0.15, 0.2) is 18.2 Å². The molecule has 16 heavy (non-hydrogen) atoms. The van der Waals surface area contributed by atoms with E-state index in [1.165, 1.54) is 5.56 Å². The van der Waals surface area contributed by atoms with E-state index in [2.05, 4.69) is 34.7 Å². The first-order valence-electron chi connectivity index (χ1n) is 5.68. The van der Waals surface area contributed by atoms with Gasteiger partial charge < -0.3 is 10.3 Å². The number of nitrogens with two attached hydrogens (primary N) is 1. The summed E-state index contributed by atoms with van der Waals surface area (Å²) in [6.07, 6.45) is 1.04. The van der Waals surface area contributed by atoms with Gasteiger partial charge in [-0.25, -0.2) is 4.98 Å². The first-order valence-corrected chi connectivity index (χ1v) is 5.68. The third kappa shape index (κ3) is 1.71. The number of imidazole rings is 1. The maximum atomic E-state index is 6.11. The van der Waals surface area contributed by atoms with Crippen molar-refractivity contribution in [1.29, 1.82) is 0 Å². The van der Waals surface area contributed by atoms with Gasteiger partial charge >= 0.3 is 0 Å². The fraction of sp³-hybridized carbons (Fsp3) is 0.462. The standard InChI is InChI=1S/C13H19N3/c1-5-9-6-7-11-10(8-9)15-12(16(11)4)13(2,3)14/h6-8H,5,14H2,1-4H3. The quantitative estimate of drug-likeness (QED) is 0.839. The lowest BCUT2D eigenvalue weighted by Crippen LogP contribution is -2.32. The molecule has 0 spiro atoms. The summed E-state index contributed by atoms with van der Waals surface area (Å²) in [7, 11) is 2.02. The Morgan fingerprint density at radius 2 is 2.06 bits per heavy atom. The molecule has 3 heteroatoms. The topological polar surface area (TPSA) is 43.8 Å². The third-order valence-electron chi connectivity index (χ3n) is 2.93. The zero-order chi connectivity index (χ0) is 11.9. The van der Waals surface area contributed by atoms with Gasteiger partial charge in [-0.05, 0) is 38.0 Å². The molecule has 0 fully saturated rings. The molecule has 1 aromatic heterocycles. The molecule has 86 valence electrons. The molecule has 2 N–H and O–H groups in total. The Kier molecular flexibility index (Phi) is 2.50. The smallest absolute Gasteiger partial charge is 0.129 e. The van der Waals surface area contributed by atoms with Gasteiger partial charge in [0.15, 0.2) is 0 Å². The van der Waals surface area contributed by atoms with Crippen LogP contribution >= 0.6 is 0 Å². The summed E-state index contributed by atoms with van der Waals surface area (Å²) in [5, 5.41) is 0. The van der Waals surface area contributed by atoms with E-state index in [1.807, 2.05) is 20.9 Å². The lowest BCUT2D eigenvalue weighted by Gasteiger charge is -2.17. The van der Waals surface area contributed by atoms with Crippen molar-refractivity contribution < 1.29 is 0 Å². The van der Waals surface area contributed by atoms with Crippen LogP contribution in [0.5, 0.6) is 0 Å². The normalized spacial score (nSPS) is 12.3. The highest BCUT2D eigenvalue weighted by atomic mass is 15.1. The highest BCUT2D eigenvalue weighted by Gasteiger charge is 2.21. The number of nitrogens with zero attached hydrogens (tertiary/aromatic N) is 2. The van der Waals surface area contributed by atoms with Gasteiger partial charge in [0.05, 0.1) is 16.6 Å². The minimum absolute atomic E-state index is 0.403. The van der Waals surface area contributed by atoms with E-state index in [-0.39, 0.29) is 0 Å². The van der Waals surface area contributed by atoms with E-state index in [0.717, 1.165) is 23.3 Å². The number of hydrogen-bond donors (Lipinski definition) is 1. The van der Waals surface area contributed by atoms with E-state index < -0.39 is 5.54 Å². The molecule has 1 heterocycles. The van der Waals surface area contributed by atoms with Crippen LogP contribution in [0.25, 0.3) is 11.0 Å². The van der Waals surface area contributed by atoms with E-state index in [4.69, 9.17) is 5.73 Å². The van der Waals surface area contributed by atoms with Crippen molar-refractivity contribution in [2.75, 3.05) is 0 Å². The summed E-state index contributed by atoms with van der Waals surface area (Å²) in [4.78, 5) is 4.63. The van der Waals surface area contributed by atoms with Crippen LogP contribution in [0.1, 0.15) is 32.2 Å². The molecular weight excluding hydrogens is 198 g/mol. The molecule has 0 aliphatic carbocycles. The summed E-state index contributed by atoms with van der Waals surface area (Å²) in [6.45, 7) is 6.11. The van der Waals surface area contributed by atoms with Crippen LogP contribution in [-0.2, 0) is 19.0 Å². The molecule has 0 bridgehead atoms. The molecule has 2 aromatic rings. The molecule has 0 aliphatic rings. The lowest BCUT2D eigenvalue weighted by molar-refractivity contribution is 0.498. The Balaban J connectivity index is 2.68. The summed E-state index contributed by atoms with van der Waals surface area (Å²) in [5.41, 5.74) is 9.20. The number of aromatic nitrogens is 2. The third-order valence-corrected chi connectivity index (χ3v) is 2.93. The van der Waals surface area contributed by atoms with E-state index in [0.29, 0.717) is 0 Å². The average Bonchev–Trinajstić information content (AvgIpc) is 2.55. The number of benzene rings is 1. The monoisotopic (exact) mass is 217 g/mol. The Morgan fingerprint density at radius 1 is 1.38 bits per heavy atom. The largest absolute Gasteiger partial charge is 0.330 e. The molecule has 0 aliphatic heterocycles. The fourth-order valence-electron chi connectivity index (χ4n) is 2.04. The second-order valence-corrected chi connectivity index (χ2v) is 4.89. The van der Waals surface area contributed by atoms with Crippen LogP contribution in [0.3, 0.4) is 0 Å². The molecule has 2 rings (SSSR count). The fourth-order valence-corrected chi connectivity index (χ4v) is 2.04. The lowest BCUT2D eigenvalue weighted by atomic mass is 10.1. The average molecular weight is 217 g/mol. The zero-order valence-corrected chi connectivity index (χ0v) is 10.4. The molecule has 1 aromatic carbocycles. The Hall–Kier alpha value is -1.35. The van der Waals surface area contributed by atoms with Gasteiger partial charge in [0.1, 0.15) is 5.82 Å². The predicted octanol–water partition coefficient (Wildman–Crippen LogP) is 2.33. The van der Waals surface area contributed by atoms with Gasteiger partial charge in [-0.2, -0.15) is 0 Å². The zero-order valence-electron chi connectivity index (χ0n) is 10.4. The minimum atomic E-state index is -0.403. The molecular formula is C13H19N3. The molecule has 0 radical (unpaired) electrons. The summed E-state index contributed by atoms with van der Waals surface area (Å²) in [5.74, 6) is 0.927. The van der Waals surface area contributed by atoms with Crippen LogP contribution in [-0.4, -0.2) is 9.55 Å². The molecule has 0 atom stereocenters. The van der Waals surface area contributed by atoms with Gasteiger partial charge in [-0.1, -0.05) is 13.0 Å². The van der Waals surface area contributed by atoms with Gasteiger partial charge in [0.25, 0.3) is 0 Å². The Morgan fingerprint density at radius 3 is 2.62 bits per heavy atom. The number of aryl methyl sites for hydroxylation is 2. The van der Waals surface area contributed by atoms with Gasteiger partial charge in [-0.3, -0.25) is 0 Å². The van der Waals surface area contributed by atoms with E-state index >= 15 is 0 Å². The molecule has 3 nitrogen and oxygen atoms in total. The SMILES string of the molecule is CCc1ccc2c(c1)nc(C(C)(C)N)n2C. The van der Waals surface area contributed by atoms with Crippen LogP contribution in [0.2, 0.25) is 0 Å². The second kappa shape index (κ2) is 3.59. The Labute approximate surface area is 96.3 Å². The van der Waals surface area contributed by atoms with Gasteiger partial charge in [-0.15, -0.1) is 0 Å². The van der Waals surface area contributed by atoms with Gasteiger partial charge in [0, 0.05) is 7.05 Å². The van der Waals surface area contributed by atoms with Crippen molar-refractivity contribution in [2.45, 2.75) is 32.7 Å². The highest BCUT2D eigenvalue weighted by Crippen LogP contribution is 2.22. The van der Waals surface area contributed by atoms with Crippen LogP contribution in [0, 0.1) is 0 Å². The number of rotatable bonds is 2. The van der Waals surface area contributed by atoms with Crippen molar-refractivity contribution in [1.82, 2.24) is 9.55 Å². The second-order valence-electron chi connectivity index (χ2n) is 4.89. The number of fused-ring (bicyclic) bond motifs is 1. The first-order chi connectivity index (χ1) is 7.43. The van der Waals surface area contributed by atoms with Crippen molar-refractivity contribution in [3.63, 3.8) is 0 Å². The molecule has 0 saturated heterocycles.